The number of nitrogens with zero attached hydrogens (tertiary/aromatic N) is 2. The van der Waals surface area contributed by atoms with Crippen LogP contribution >= 0.6 is 0 Å². The van der Waals surface area contributed by atoms with Crippen molar-refractivity contribution in [1.82, 2.24) is 4.90 Å². The summed E-state index contributed by atoms with van der Waals surface area (Å²) >= 11 is 0. The van der Waals surface area contributed by atoms with Crippen LogP contribution in [0.5, 0.6) is 5.75 Å². The predicted molar refractivity (Wildman–Crippen MR) is 96.7 cm³/mol. The number of benzene rings is 2. The number of halogens is 1. The molecule has 1 aliphatic rings. The lowest BCUT2D eigenvalue weighted by Crippen LogP contribution is -2.41. The van der Waals surface area contributed by atoms with Crippen LogP contribution in [0.2, 0.25) is 0 Å². The van der Waals surface area contributed by atoms with Crippen LogP contribution in [0.15, 0.2) is 48.5 Å². The molecule has 25 heavy (non-hydrogen) atoms. The van der Waals surface area contributed by atoms with Gasteiger partial charge in [-0.15, -0.1) is 0 Å². The average molecular weight is 342 g/mol. The maximum Gasteiger partial charge on any atom is 0.253 e. The van der Waals surface area contributed by atoms with Crippen molar-refractivity contribution in [2.45, 2.75) is 18.9 Å². The summed E-state index contributed by atoms with van der Waals surface area (Å²) in [6, 6.07) is 13.7. The molecule has 4 nitrogen and oxygen atoms in total. The molecule has 1 fully saturated rings. The summed E-state index contributed by atoms with van der Waals surface area (Å²) in [6.45, 7) is 1.33. The Morgan fingerprint density at radius 1 is 1.12 bits per heavy atom. The van der Waals surface area contributed by atoms with Gasteiger partial charge in [0.15, 0.2) is 0 Å². The molecule has 2 aromatic rings. The standard InChI is InChI=1S/C20H23FN2O2/c1-22(2)17-5-3-4-15(14-17)20(24)23-12-10-19(11-13-23)25-18-8-6-16(21)7-9-18/h3-9,14,19H,10-13H2,1-2H3. The van der Waals surface area contributed by atoms with Gasteiger partial charge in [0.05, 0.1) is 0 Å². The molecule has 1 saturated heterocycles. The van der Waals surface area contributed by atoms with Gasteiger partial charge in [-0.05, 0) is 42.5 Å². The lowest BCUT2D eigenvalue weighted by atomic mass is 10.1. The number of hydrogen-bond donors (Lipinski definition) is 0. The minimum Gasteiger partial charge on any atom is -0.490 e. The Morgan fingerprint density at radius 3 is 2.44 bits per heavy atom. The van der Waals surface area contributed by atoms with Gasteiger partial charge in [0.25, 0.3) is 5.91 Å². The number of ether oxygens (including phenoxy) is 1. The van der Waals surface area contributed by atoms with Crippen molar-refractivity contribution >= 4 is 11.6 Å². The van der Waals surface area contributed by atoms with Gasteiger partial charge in [-0.25, -0.2) is 4.39 Å². The fourth-order valence-electron chi connectivity index (χ4n) is 2.98. The number of hydrogen-bond acceptors (Lipinski definition) is 3. The van der Waals surface area contributed by atoms with Gasteiger partial charge >= 0.3 is 0 Å². The molecule has 0 spiro atoms. The molecule has 0 aromatic heterocycles. The number of carbonyl (C=O) groups excluding carboxylic acids is 1. The molecule has 0 N–H and O–H groups in total. The van der Waals surface area contributed by atoms with E-state index in [9.17, 15) is 9.18 Å². The summed E-state index contributed by atoms with van der Waals surface area (Å²) in [5.74, 6) is 0.460. The van der Waals surface area contributed by atoms with Crippen LogP contribution in [0, 0.1) is 5.82 Å². The van der Waals surface area contributed by atoms with Crippen molar-refractivity contribution in [2.24, 2.45) is 0 Å². The highest BCUT2D eigenvalue weighted by Crippen LogP contribution is 2.21. The fraction of sp³-hybridized carbons (Fsp3) is 0.350. The highest BCUT2D eigenvalue weighted by Gasteiger charge is 2.25. The largest absolute Gasteiger partial charge is 0.490 e. The summed E-state index contributed by atoms with van der Waals surface area (Å²) < 4.78 is 18.8. The zero-order valence-electron chi connectivity index (χ0n) is 14.6. The van der Waals surface area contributed by atoms with E-state index in [1.165, 1.54) is 12.1 Å². The van der Waals surface area contributed by atoms with Crippen LogP contribution in [-0.4, -0.2) is 44.1 Å². The topological polar surface area (TPSA) is 32.8 Å². The Hall–Kier alpha value is -2.56. The van der Waals surface area contributed by atoms with E-state index < -0.39 is 0 Å². The zero-order chi connectivity index (χ0) is 17.8. The minimum absolute atomic E-state index is 0.0580. The van der Waals surface area contributed by atoms with Crippen molar-refractivity contribution in [3.8, 4) is 5.75 Å². The van der Waals surface area contributed by atoms with Crippen molar-refractivity contribution in [3.05, 3.63) is 59.9 Å². The van der Waals surface area contributed by atoms with Crippen LogP contribution in [0.4, 0.5) is 10.1 Å². The monoisotopic (exact) mass is 342 g/mol. The Bertz CT molecular complexity index is 723. The van der Waals surface area contributed by atoms with Crippen LogP contribution in [0.3, 0.4) is 0 Å². The SMILES string of the molecule is CN(C)c1cccc(C(=O)N2CCC(Oc3ccc(F)cc3)CC2)c1. The molecule has 0 unspecified atom stereocenters. The molecule has 2 aromatic carbocycles. The third-order valence-electron chi connectivity index (χ3n) is 4.46. The number of carbonyl (C=O) groups is 1. The molecular formula is C20H23FN2O2. The summed E-state index contributed by atoms with van der Waals surface area (Å²) in [5.41, 5.74) is 1.73. The van der Waals surface area contributed by atoms with E-state index in [-0.39, 0.29) is 17.8 Å². The molecule has 5 heteroatoms. The second-order valence-electron chi connectivity index (χ2n) is 6.51. The van der Waals surface area contributed by atoms with Gasteiger partial charge in [-0.1, -0.05) is 6.07 Å². The van der Waals surface area contributed by atoms with Crippen LogP contribution in [0.25, 0.3) is 0 Å². The molecular weight excluding hydrogens is 319 g/mol. The van der Waals surface area contributed by atoms with Crippen molar-refractivity contribution < 1.29 is 13.9 Å². The first kappa shape index (κ1) is 17.3. The van der Waals surface area contributed by atoms with E-state index >= 15 is 0 Å². The van der Waals surface area contributed by atoms with Crippen LogP contribution in [-0.2, 0) is 0 Å². The van der Waals surface area contributed by atoms with Crippen molar-refractivity contribution in [2.75, 3.05) is 32.1 Å². The number of rotatable bonds is 4. The maximum atomic E-state index is 12.9. The molecule has 0 atom stereocenters. The van der Waals surface area contributed by atoms with E-state index in [2.05, 4.69) is 0 Å². The molecule has 1 aliphatic heterocycles. The van der Waals surface area contributed by atoms with Gasteiger partial charge in [0.1, 0.15) is 17.7 Å². The molecule has 0 aliphatic carbocycles. The maximum absolute atomic E-state index is 12.9. The number of piperidine rings is 1. The van der Waals surface area contributed by atoms with E-state index in [0.717, 1.165) is 18.5 Å². The number of likely N-dealkylation sites (tertiary alicyclic amines) is 1. The molecule has 0 radical (unpaired) electrons. The smallest absolute Gasteiger partial charge is 0.253 e. The first-order valence-electron chi connectivity index (χ1n) is 8.52. The average Bonchev–Trinajstić information content (AvgIpc) is 2.64. The van der Waals surface area contributed by atoms with E-state index in [1.54, 1.807) is 12.1 Å². The predicted octanol–water partition coefficient (Wildman–Crippen LogP) is 3.58. The molecule has 1 heterocycles. The lowest BCUT2D eigenvalue weighted by Gasteiger charge is -2.32. The van der Waals surface area contributed by atoms with E-state index in [1.807, 2.05) is 48.2 Å². The third-order valence-corrected chi connectivity index (χ3v) is 4.46. The summed E-state index contributed by atoms with van der Waals surface area (Å²) in [7, 11) is 3.92. The number of anilines is 1. The Labute approximate surface area is 147 Å². The minimum atomic E-state index is -0.271. The first-order valence-corrected chi connectivity index (χ1v) is 8.52. The quantitative estimate of drug-likeness (QED) is 0.851. The van der Waals surface area contributed by atoms with Gasteiger partial charge < -0.3 is 14.5 Å². The summed E-state index contributed by atoms with van der Waals surface area (Å²) in [6.07, 6.45) is 1.61. The zero-order valence-corrected chi connectivity index (χ0v) is 14.6. The van der Waals surface area contributed by atoms with Gasteiger partial charge in [0, 0.05) is 51.3 Å². The normalized spacial score (nSPS) is 15.1. The highest BCUT2D eigenvalue weighted by molar-refractivity contribution is 5.95. The lowest BCUT2D eigenvalue weighted by molar-refractivity contribution is 0.0595. The second kappa shape index (κ2) is 7.55. The van der Waals surface area contributed by atoms with E-state index in [4.69, 9.17) is 4.74 Å². The third kappa shape index (κ3) is 4.29. The molecule has 0 saturated carbocycles. The van der Waals surface area contributed by atoms with Gasteiger partial charge in [-0.3, -0.25) is 4.79 Å². The summed E-state index contributed by atoms with van der Waals surface area (Å²) in [4.78, 5) is 16.6. The van der Waals surface area contributed by atoms with Crippen molar-refractivity contribution in [3.63, 3.8) is 0 Å². The Kier molecular flexibility index (Phi) is 5.22. The Balaban J connectivity index is 1.57. The second-order valence-corrected chi connectivity index (χ2v) is 6.51. The van der Waals surface area contributed by atoms with Gasteiger partial charge in [0.2, 0.25) is 0 Å². The van der Waals surface area contributed by atoms with Crippen LogP contribution in [0.1, 0.15) is 23.2 Å². The highest BCUT2D eigenvalue weighted by atomic mass is 19.1. The Morgan fingerprint density at radius 2 is 1.80 bits per heavy atom. The molecule has 132 valence electrons. The molecule has 1 amide bonds. The molecule has 0 bridgehead atoms. The van der Waals surface area contributed by atoms with Crippen LogP contribution < -0.4 is 9.64 Å². The molecule has 3 rings (SSSR count). The fourth-order valence-corrected chi connectivity index (χ4v) is 2.98. The van der Waals surface area contributed by atoms with Gasteiger partial charge in [-0.2, -0.15) is 0 Å². The number of amides is 1. The summed E-state index contributed by atoms with van der Waals surface area (Å²) in [5, 5.41) is 0. The first-order chi connectivity index (χ1) is 12.0. The van der Waals surface area contributed by atoms with E-state index in [0.29, 0.717) is 24.4 Å². The van der Waals surface area contributed by atoms with Crippen molar-refractivity contribution in [1.29, 1.82) is 0 Å².